The monoisotopic (exact) mass is 293 g/mol. The van der Waals surface area contributed by atoms with E-state index in [1.165, 1.54) is 0 Å². The van der Waals surface area contributed by atoms with Crippen LogP contribution in [0.4, 0.5) is 0 Å². The maximum Gasteiger partial charge on any atom is 0.195 e. The largest absolute Gasteiger partial charge is 0.296 e. The second-order valence-corrected chi connectivity index (χ2v) is 4.87. The van der Waals surface area contributed by atoms with Crippen LogP contribution >= 0.6 is 12.2 Å². The molecule has 0 saturated heterocycles. The van der Waals surface area contributed by atoms with Crippen molar-refractivity contribution in [3.63, 3.8) is 0 Å². The van der Waals surface area contributed by atoms with Gasteiger partial charge in [-0.15, -0.1) is 0 Å². The van der Waals surface area contributed by atoms with Crippen LogP contribution < -0.4 is 0 Å². The van der Waals surface area contributed by atoms with E-state index in [-0.39, 0.29) is 0 Å². The first-order chi connectivity index (χ1) is 10.3. The van der Waals surface area contributed by atoms with E-state index in [0.29, 0.717) is 16.9 Å². The van der Waals surface area contributed by atoms with Crippen LogP contribution in [0.3, 0.4) is 0 Å². The molecule has 102 valence electrons. The second kappa shape index (κ2) is 5.69. The van der Waals surface area contributed by atoms with Crippen LogP contribution in [0.1, 0.15) is 11.1 Å². The average molecular weight is 293 g/mol. The molecule has 2 heterocycles. The minimum absolute atomic E-state index is 0.561. The molecule has 0 unspecified atom stereocenters. The molecular weight excluding hydrogens is 282 g/mol. The fraction of sp³-hybridized carbons (Fsp3) is 0.0667. The van der Waals surface area contributed by atoms with Crippen LogP contribution in [0.5, 0.6) is 0 Å². The second-order valence-electron chi connectivity index (χ2n) is 4.48. The van der Waals surface area contributed by atoms with E-state index in [2.05, 4.69) is 21.3 Å². The quantitative estimate of drug-likeness (QED) is 0.754. The predicted octanol–water partition coefficient (Wildman–Crippen LogP) is 2.92. The molecule has 0 bridgehead atoms. The van der Waals surface area contributed by atoms with Crippen LogP contribution in [-0.4, -0.2) is 19.7 Å². The molecular formula is C15H11N5S. The number of aromatic amines is 1. The highest BCUT2D eigenvalue weighted by atomic mass is 32.1. The van der Waals surface area contributed by atoms with E-state index in [1.54, 1.807) is 24.5 Å². The Balaban J connectivity index is 1.97. The molecule has 3 aromatic rings. The van der Waals surface area contributed by atoms with Gasteiger partial charge in [0.2, 0.25) is 0 Å². The van der Waals surface area contributed by atoms with Gasteiger partial charge in [-0.25, -0.2) is 0 Å². The van der Waals surface area contributed by atoms with Gasteiger partial charge in [0.1, 0.15) is 0 Å². The SMILES string of the molecule is N#Cc1ccc(Cn2c(-c3ccncc3)n[nH]c2=S)cc1. The van der Waals surface area contributed by atoms with Crippen LogP contribution in [0.25, 0.3) is 11.4 Å². The fourth-order valence-corrected chi connectivity index (χ4v) is 2.25. The lowest BCUT2D eigenvalue weighted by molar-refractivity contribution is 0.790. The van der Waals surface area contributed by atoms with Gasteiger partial charge in [0, 0.05) is 18.0 Å². The summed E-state index contributed by atoms with van der Waals surface area (Å²) in [6.45, 7) is 0.596. The number of pyridine rings is 1. The number of rotatable bonds is 3. The zero-order valence-corrected chi connectivity index (χ0v) is 11.8. The molecule has 3 rings (SSSR count). The summed E-state index contributed by atoms with van der Waals surface area (Å²) in [6.07, 6.45) is 3.44. The molecule has 6 heteroatoms. The molecule has 2 aromatic heterocycles. The standard InChI is InChI=1S/C15H11N5S/c16-9-11-1-3-12(4-2-11)10-20-14(18-19-15(20)21)13-5-7-17-8-6-13/h1-8H,10H2,(H,19,21). The van der Waals surface area contributed by atoms with E-state index in [0.717, 1.165) is 17.0 Å². The molecule has 0 spiro atoms. The van der Waals surface area contributed by atoms with E-state index in [9.17, 15) is 0 Å². The Labute approximate surface area is 126 Å². The van der Waals surface area contributed by atoms with Crippen molar-refractivity contribution < 1.29 is 0 Å². The summed E-state index contributed by atoms with van der Waals surface area (Å²) in [7, 11) is 0. The first kappa shape index (κ1) is 13.2. The van der Waals surface area contributed by atoms with E-state index >= 15 is 0 Å². The summed E-state index contributed by atoms with van der Waals surface area (Å²) in [5, 5.41) is 15.9. The number of hydrogen-bond acceptors (Lipinski definition) is 4. The van der Waals surface area contributed by atoms with Gasteiger partial charge in [0.15, 0.2) is 10.6 Å². The Kier molecular flexibility index (Phi) is 3.58. The third kappa shape index (κ3) is 2.73. The van der Waals surface area contributed by atoms with Crippen molar-refractivity contribution in [1.82, 2.24) is 19.7 Å². The summed E-state index contributed by atoms with van der Waals surface area (Å²) in [4.78, 5) is 4.01. The van der Waals surface area contributed by atoms with Gasteiger partial charge in [0.05, 0.1) is 18.2 Å². The first-order valence-corrected chi connectivity index (χ1v) is 6.73. The lowest BCUT2D eigenvalue weighted by Crippen LogP contribution is -2.02. The highest BCUT2D eigenvalue weighted by Gasteiger charge is 2.09. The maximum absolute atomic E-state index is 8.83. The number of aromatic nitrogens is 4. The smallest absolute Gasteiger partial charge is 0.195 e. The molecule has 0 saturated carbocycles. The summed E-state index contributed by atoms with van der Waals surface area (Å²) in [5.74, 6) is 0.770. The minimum Gasteiger partial charge on any atom is -0.296 e. The highest BCUT2D eigenvalue weighted by Crippen LogP contribution is 2.17. The number of H-pyrrole nitrogens is 1. The summed E-state index contributed by atoms with van der Waals surface area (Å²) in [5.41, 5.74) is 2.65. The van der Waals surface area contributed by atoms with Crippen molar-refractivity contribution in [3.05, 3.63) is 64.7 Å². The van der Waals surface area contributed by atoms with Crippen molar-refractivity contribution in [2.24, 2.45) is 0 Å². The topological polar surface area (TPSA) is 70.3 Å². The number of hydrogen-bond donors (Lipinski definition) is 1. The number of nitriles is 1. The van der Waals surface area contributed by atoms with E-state index < -0.39 is 0 Å². The number of nitrogens with one attached hydrogen (secondary N) is 1. The summed E-state index contributed by atoms with van der Waals surface area (Å²) in [6, 6.07) is 13.3. The lowest BCUT2D eigenvalue weighted by Gasteiger charge is -2.07. The molecule has 0 aliphatic rings. The van der Waals surface area contributed by atoms with Crippen LogP contribution in [0.2, 0.25) is 0 Å². The molecule has 0 amide bonds. The number of nitrogens with zero attached hydrogens (tertiary/aromatic N) is 4. The molecule has 0 fully saturated rings. The van der Waals surface area contributed by atoms with Crippen LogP contribution in [0.15, 0.2) is 48.8 Å². The normalized spacial score (nSPS) is 10.2. The van der Waals surface area contributed by atoms with Crippen molar-refractivity contribution in [3.8, 4) is 17.5 Å². The van der Waals surface area contributed by atoms with Gasteiger partial charge in [-0.2, -0.15) is 10.4 Å². The van der Waals surface area contributed by atoms with Gasteiger partial charge in [0.25, 0.3) is 0 Å². The third-order valence-corrected chi connectivity index (χ3v) is 3.43. The van der Waals surface area contributed by atoms with Crippen LogP contribution in [0, 0.1) is 16.1 Å². The molecule has 0 aliphatic heterocycles. The van der Waals surface area contributed by atoms with Gasteiger partial charge in [-0.1, -0.05) is 12.1 Å². The van der Waals surface area contributed by atoms with Gasteiger partial charge in [-0.3, -0.25) is 14.6 Å². The predicted molar refractivity (Wildman–Crippen MR) is 80.9 cm³/mol. The van der Waals surface area contributed by atoms with Gasteiger partial charge >= 0.3 is 0 Å². The molecule has 0 aliphatic carbocycles. The van der Waals surface area contributed by atoms with E-state index in [1.807, 2.05) is 28.8 Å². The number of benzene rings is 1. The highest BCUT2D eigenvalue weighted by molar-refractivity contribution is 7.71. The van der Waals surface area contributed by atoms with E-state index in [4.69, 9.17) is 17.5 Å². The fourth-order valence-electron chi connectivity index (χ4n) is 2.05. The Morgan fingerprint density at radius 2 is 1.86 bits per heavy atom. The molecule has 1 N–H and O–H groups in total. The zero-order valence-electron chi connectivity index (χ0n) is 11.0. The zero-order chi connectivity index (χ0) is 14.7. The summed E-state index contributed by atoms with van der Waals surface area (Å²) >= 11 is 5.30. The Hall–Kier alpha value is -2.78. The molecule has 21 heavy (non-hydrogen) atoms. The Morgan fingerprint density at radius 3 is 2.52 bits per heavy atom. The molecule has 0 radical (unpaired) electrons. The van der Waals surface area contributed by atoms with Crippen molar-refractivity contribution in [2.45, 2.75) is 6.54 Å². The van der Waals surface area contributed by atoms with Crippen molar-refractivity contribution in [2.75, 3.05) is 0 Å². The molecule has 0 atom stereocenters. The van der Waals surface area contributed by atoms with Crippen molar-refractivity contribution >= 4 is 12.2 Å². The molecule has 5 nitrogen and oxygen atoms in total. The Bertz CT molecular complexity index is 840. The van der Waals surface area contributed by atoms with Crippen molar-refractivity contribution in [1.29, 1.82) is 5.26 Å². The van der Waals surface area contributed by atoms with Gasteiger partial charge in [-0.05, 0) is 42.0 Å². The lowest BCUT2D eigenvalue weighted by atomic mass is 10.1. The average Bonchev–Trinajstić information content (AvgIpc) is 2.90. The summed E-state index contributed by atoms with van der Waals surface area (Å²) < 4.78 is 2.48. The Morgan fingerprint density at radius 1 is 1.14 bits per heavy atom. The minimum atomic E-state index is 0.561. The molecule has 1 aromatic carbocycles. The maximum atomic E-state index is 8.83. The first-order valence-electron chi connectivity index (χ1n) is 6.32. The van der Waals surface area contributed by atoms with Gasteiger partial charge < -0.3 is 0 Å². The third-order valence-electron chi connectivity index (χ3n) is 3.12. The van der Waals surface area contributed by atoms with Crippen LogP contribution in [-0.2, 0) is 6.54 Å².